The molecule has 6 nitrogen and oxygen atoms in total. The van der Waals surface area contributed by atoms with E-state index in [9.17, 15) is 31.1 Å². The Bertz CT molecular complexity index is 801. The zero-order chi connectivity index (χ0) is 21.1. The minimum absolute atomic E-state index is 0.168. The first kappa shape index (κ1) is 21.7. The van der Waals surface area contributed by atoms with Crippen molar-refractivity contribution in [1.82, 2.24) is 15.0 Å². The Kier molecular flexibility index (Phi) is 6.32. The Morgan fingerprint density at radius 2 is 1.79 bits per heavy atom. The van der Waals surface area contributed by atoms with Crippen LogP contribution in [0.4, 0.5) is 26.3 Å². The van der Waals surface area contributed by atoms with Crippen molar-refractivity contribution in [2.24, 2.45) is 0 Å². The maximum atomic E-state index is 12.8. The molecule has 1 amide bonds. The molecule has 0 aliphatic heterocycles. The lowest BCUT2D eigenvalue weighted by atomic mass is 10.1. The lowest BCUT2D eigenvalue weighted by Gasteiger charge is -2.26. The Balaban J connectivity index is 2.18. The van der Waals surface area contributed by atoms with Crippen LogP contribution in [0.1, 0.15) is 18.4 Å². The van der Waals surface area contributed by atoms with Gasteiger partial charge in [-0.1, -0.05) is 29.4 Å². The molecule has 12 heteroatoms. The first-order valence-electron chi connectivity index (χ1n) is 7.79. The molecule has 0 radical (unpaired) electrons. The number of carbonyl (C=O) groups excluding carboxylic acids is 1. The lowest BCUT2D eigenvalue weighted by molar-refractivity contribution is -0.168. The maximum Gasteiger partial charge on any atom is 0.471 e. The summed E-state index contributed by atoms with van der Waals surface area (Å²) in [5.41, 5.74) is 0.492. The molecule has 1 aromatic carbocycles. The van der Waals surface area contributed by atoms with E-state index in [0.29, 0.717) is 10.5 Å². The fourth-order valence-electron chi connectivity index (χ4n) is 2.22. The number of hydrogen-bond acceptors (Lipinski definition) is 5. The van der Waals surface area contributed by atoms with Gasteiger partial charge in [-0.05, 0) is 12.5 Å². The van der Waals surface area contributed by atoms with E-state index in [1.165, 1.54) is 38.3 Å². The predicted molar refractivity (Wildman–Crippen MR) is 82.7 cm³/mol. The number of halogens is 6. The van der Waals surface area contributed by atoms with Crippen molar-refractivity contribution in [2.45, 2.75) is 31.9 Å². The Morgan fingerprint density at radius 1 is 1.18 bits per heavy atom. The molecule has 0 saturated heterocycles. The highest BCUT2D eigenvalue weighted by Gasteiger charge is 2.38. The molecule has 0 aliphatic carbocycles. The molecule has 1 unspecified atom stereocenters. The Morgan fingerprint density at radius 3 is 2.25 bits per heavy atom. The molecule has 0 aliphatic rings. The molecule has 1 atom stereocenters. The summed E-state index contributed by atoms with van der Waals surface area (Å²) < 4.78 is 84.7. The topological polar surface area (TPSA) is 68.5 Å². The van der Waals surface area contributed by atoms with Gasteiger partial charge in [-0.3, -0.25) is 4.79 Å². The van der Waals surface area contributed by atoms with Crippen molar-refractivity contribution in [3.8, 4) is 11.4 Å². The van der Waals surface area contributed by atoms with E-state index in [0.717, 1.165) is 0 Å². The first-order chi connectivity index (χ1) is 12.9. The number of rotatable bonds is 6. The number of alkyl halides is 6. The third-order valence-electron chi connectivity index (χ3n) is 3.64. The summed E-state index contributed by atoms with van der Waals surface area (Å²) in [5.74, 6) is -2.69. The van der Waals surface area contributed by atoms with Crippen LogP contribution in [0.3, 0.4) is 0 Å². The molecule has 2 aromatic rings. The molecule has 28 heavy (non-hydrogen) atoms. The van der Waals surface area contributed by atoms with Crippen LogP contribution in [0.25, 0.3) is 11.4 Å². The molecule has 0 bridgehead atoms. The minimum Gasteiger partial charge on any atom is -0.372 e. The largest absolute Gasteiger partial charge is 0.471 e. The van der Waals surface area contributed by atoms with Crippen LogP contribution in [0.5, 0.6) is 0 Å². The van der Waals surface area contributed by atoms with Crippen molar-refractivity contribution < 1.29 is 40.4 Å². The number of methoxy groups -OCH3 is 1. The molecular weight excluding hydrogens is 396 g/mol. The van der Waals surface area contributed by atoms with E-state index in [-0.39, 0.29) is 17.9 Å². The van der Waals surface area contributed by atoms with Crippen molar-refractivity contribution in [3.05, 3.63) is 35.7 Å². The third-order valence-corrected chi connectivity index (χ3v) is 3.64. The fourth-order valence-corrected chi connectivity index (χ4v) is 2.22. The highest BCUT2D eigenvalue weighted by Crippen LogP contribution is 2.29. The smallest absolute Gasteiger partial charge is 0.372 e. The summed E-state index contributed by atoms with van der Waals surface area (Å²) in [6.45, 7) is -0.517. The molecule has 0 fully saturated rings. The standard InChI is InChI=1S/C16H15F6N3O3/c1-9(27-2)13(26)25(8-15(17,18)19)7-10-3-5-11(6-4-10)12-23-14(28-24-12)16(20,21)22/h3-6,9H,7-8H2,1-2H3. The van der Waals surface area contributed by atoms with Crippen LogP contribution in [-0.2, 0) is 22.3 Å². The quantitative estimate of drug-likeness (QED) is 0.679. The van der Waals surface area contributed by atoms with Crippen molar-refractivity contribution in [2.75, 3.05) is 13.7 Å². The summed E-state index contributed by atoms with van der Waals surface area (Å²) >= 11 is 0. The average molecular weight is 411 g/mol. The van der Waals surface area contributed by atoms with Crippen LogP contribution in [0.2, 0.25) is 0 Å². The minimum atomic E-state index is -4.79. The van der Waals surface area contributed by atoms with Gasteiger partial charge in [-0.2, -0.15) is 31.3 Å². The molecule has 1 aromatic heterocycles. The maximum absolute atomic E-state index is 12.8. The van der Waals surface area contributed by atoms with Crippen LogP contribution >= 0.6 is 0 Å². The Hall–Kier alpha value is -2.63. The van der Waals surface area contributed by atoms with Crippen LogP contribution in [-0.4, -0.2) is 46.9 Å². The van der Waals surface area contributed by atoms with Crippen LogP contribution < -0.4 is 0 Å². The highest BCUT2D eigenvalue weighted by molar-refractivity contribution is 5.80. The van der Waals surface area contributed by atoms with E-state index in [1.54, 1.807) is 0 Å². The van der Waals surface area contributed by atoms with Crippen molar-refractivity contribution in [1.29, 1.82) is 0 Å². The second kappa shape index (κ2) is 8.17. The van der Waals surface area contributed by atoms with Gasteiger partial charge in [0.15, 0.2) is 0 Å². The van der Waals surface area contributed by atoms with Gasteiger partial charge in [-0.15, -0.1) is 0 Å². The number of ether oxygens (including phenoxy) is 1. The van der Waals surface area contributed by atoms with Crippen LogP contribution in [0.15, 0.2) is 28.8 Å². The number of carbonyl (C=O) groups is 1. The second-order valence-corrected chi connectivity index (χ2v) is 5.81. The van der Waals surface area contributed by atoms with Gasteiger partial charge in [0.05, 0.1) is 0 Å². The van der Waals surface area contributed by atoms with Crippen molar-refractivity contribution >= 4 is 5.91 Å². The predicted octanol–water partition coefficient (Wildman–Crippen LogP) is 3.68. The third kappa shape index (κ3) is 5.68. The van der Waals surface area contributed by atoms with E-state index in [4.69, 9.17) is 4.74 Å². The highest BCUT2D eigenvalue weighted by atomic mass is 19.4. The molecular formula is C16H15F6N3O3. The van der Waals surface area contributed by atoms with Gasteiger partial charge in [0, 0.05) is 19.2 Å². The zero-order valence-corrected chi connectivity index (χ0v) is 14.6. The van der Waals surface area contributed by atoms with E-state index < -0.39 is 36.8 Å². The molecule has 0 N–H and O–H groups in total. The summed E-state index contributed by atoms with van der Waals surface area (Å²) in [7, 11) is 1.20. The second-order valence-electron chi connectivity index (χ2n) is 5.81. The van der Waals surface area contributed by atoms with Gasteiger partial charge >= 0.3 is 18.2 Å². The molecule has 1 heterocycles. The SMILES string of the molecule is COC(C)C(=O)N(Cc1ccc(-c2noc(C(F)(F)F)n2)cc1)CC(F)(F)F. The molecule has 154 valence electrons. The number of benzene rings is 1. The first-order valence-corrected chi connectivity index (χ1v) is 7.79. The monoisotopic (exact) mass is 411 g/mol. The van der Waals surface area contributed by atoms with Gasteiger partial charge in [0.25, 0.3) is 5.91 Å². The summed E-state index contributed by atoms with van der Waals surface area (Å²) in [4.78, 5) is 15.9. The van der Waals surface area contributed by atoms with Gasteiger partial charge < -0.3 is 14.2 Å². The Labute approximate surface area is 155 Å². The van der Waals surface area contributed by atoms with E-state index >= 15 is 0 Å². The number of hydrogen-bond donors (Lipinski definition) is 0. The van der Waals surface area contributed by atoms with E-state index in [1.807, 2.05) is 0 Å². The molecule has 0 spiro atoms. The average Bonchev–Trinajstić information content (AvgIpc) is 3.10. The molecule has 2 rings (SSSR count). The zero-order valence-electron chi connectivity index (χ0n) is 14.6. The summed E-state index contributed by atoms with van der Waals surface area (Å²) in [6.07, 6.45) is -10.5. The van der Waals surface area contributed by atoms with Gasteiger partial charge in [0.1, 0.15) is 12.6 Å². The van der Waals surface area contributed by atoms with Gasteiger partial charge in [0.2, 0.25) is 5.82 Å². The number of amides is 1. The summed E-state index contributed by atoms with van der Waals surface area (Å²) in [5, 5.41) is 3.22. The van der Waals surface area contributed by atoms with E-state index in [2.05, 4.69) is 14.7 Å². The fraction of sp³-hybridized carbons (Fsp3) is 0.438. The van der Waals surface area contributed by atoms with Crippen molar-refractivity contribution in [3.63, 3.8) is 0 Å². The lowest BCUT2D eigenvalue weighted by Crippen LogP contribution is -2.43. The number of nitrogens with zero attached hydrogens (tertiary/aromatic N) is 3. The summed E-state index contributed by atoms with van der Waals surface area (Å²) in [6, 6.07) is 5.34. The normalized spacial score (nSPS) is 13.4. The molecule has 0 saturated carbocycles. The van der Waals surface area contributed by atoms with Crippen LogP contribution in [0, 0.1) is 0 Å². The number of aromatic nitrogens is 2. The van der Waals surface area contributed by atoms with Gasteiger partial charge in [-0.25, -0.2) is 0 Å².